The Labute approximate surface area is 93.4 Å². The van der Waals surface area contributed by atoms with Crippen molar-refractivity contribution in [2.24, 2.45) is 5.73 Å². The Morgan fingerprint density at radius 3 is 2.47 bits per heavy atom. The summed E-state index contributed by atoms with van der Waals surface area (Å²) in [5.41, 5.74) is 5.64. The van der Waals surface area contributed by atoms with E-state index in [9.17, 15) is 4.79 Å². The average molecular weight is 215 g/mol. The van der Waals surface area contributed by atoms with Crippen molar-refractivity contribution in [1.82, 2.24) is 0 Å². The summed E-state index contributed by atoms with van der Waals surface area (Å²) in [5.74, 6) is -0.153. The van der Waals surface area contributed by atoms with Crippen LogP contribution in [0.4, 0.5) is 0 Å². The fourth-order valence-electron chi connectivity index (χ4n) is 1.31. The van der Waals surface area contributed by atoms with Crippen molar-refractivity contribution in [3.05, 3.63) is 0 Å². The number of carbonyl (C=O) groups excluding carboxylic acids is 1. The molecule has 2 N–H and O–H groups in total. The molecule has 0 aliphatic heterocycles. The van der Waals surface area contributed by atoms with Crippen LogP contribution >= 0.6 is 0 Å². The van der Waals surface area contributed by atoms with Crippen molar-refractivity contribution in [3.8, 4) is 0 Å². The molecule has 0 spiro atoms. The number of ether oxygens (including phenoxy) is 1. The van der Waals surface area contributed by atoms with Crippen molar-refractivity contribution >= 4 is 5.97 Å². The molecule has 0 aliphatic carbocycles. The van der Waals surface area contributed by atoms with Gasteiger partial charge in [0.15, 0.2) is 0 Å². The maximum absolute atomic E-state index is 11.2. The highest BCUT2D eigenvalue weighted by Gasteiger charge is 2.07. The Morgan fingerprint density at radius 1 is 1.20 bits per heavy atom. The van der Waals surface area contributed by atoms with Crippen LogP contribution in [0.2, 0.25) is 0 Å². The van der Waals surface area contributed by atoms with Gasteiger partial charge in [-0.05, 0) is 12.8 Å². The predicted molar refractivity (Wildman–Crippen MR) is 62.6 cm³/mol. The zero-order valence-corrected chi connectivity index (χ0v) is 10.1. The molecule has 0 radical (unpaired) electrons. The van der Waals surface area contributed by atoms with E-state index in [1.54, 1.807) is 0 Å². The van der Waals surface area contributed by atoms with Gasteiger partial charge in [0.25, 0.3) is 0 Å². The number of hydrogen-bond donors (Lipinski definition) is 1. The summed E-state index contributed by atoms with van der Waals surface area (Å²) in [6.07, 6.45) is 7.06. The molecular formula is C12H25NO2. The van der Waals surface area contributed by atoms with Gasteiger partial charge in [-0.15, -0.1) is 0 Å². The quantitative estimate of drug-likeness (QED) is 0.475. The molecular weight excluding hydrogens is 190 g/mol. The first kappa shape index (κ1) is 14.4. The zero-order valence-electron chi connectivity index (χ0n) is 10.1. The lowest BCUT2D eigenvalue weighted by Crippen LogP contribution is -2.24. The summed E-state index contributed by atoms with van der Waals surface area (Å²) in [5, 5.41) is 0. The highest BCUT2D eigenvalue weighted by Crippen LogP contribution is 2.03. The van der Waals surface area contributed by atoms with E-state index in [1.165, 1.54) is 19.3 Å². The van der Waals surface area contributed by atoms with E-state index in [-0.39, 0.29) is 12.0 Å². The Hall–Kier alpha value is -0.570. The van der Waals surface area contributed by atoms with Gasteiger partial charge in [-0.1, -0.05) is 39.5 Å². The van der Waals surface area contributed by atoms with Gasteiger partial charge in [0.1, 0.15) is 0 Å². The predicted octanol–water partition coefficient (Wildman–Crippen LogP) is 2.63. The minimum Gasteiger partial charge on any atom is -0.466 e. The minimum absolute atomic E-state index is 0.0439. The second-order valence-electron chi connectivity index (χ2n) is 4.01. The van der Waals surface area contributed by atoms with E-state index in [0.29, 0.717) is 13.0 Å². The van der Waals surface area contributed by atoms with Crippen LogP contribution in [0.25, 0.3) is 0 Å². The molecule has 1 unspecified atom stereocenters. The molecule has 3 nitrogen and oxygen atoms in total. The lowest BCUT2D eigenvalue weighted by atomic mass is 10.1. The van der Waals surface area contributed by atoms with Gasteiger partial charge >= 0.3 is 5.97 Å². The summed E-state index contributed by atoms with van der Waals surface area (Å²) >= 11 is 0. The largest absolute Gasteiger partial charge is 0.466 e. The third kappa shape index (κ3) is 9.73. The SMILES string of the molecule is CCCCCCCOC(=O)CC(N)CC. The molecule has 90 valence electrons. The molecule has 0 saturated heterocycles. The van der Waals surface area contributed by atoms with Gasteiger partial charge in [0.2, 0.25) is 0 Å². The summed E-state index contributed by atoms with van der Waals surface area (Å²) in [6.45, 7) is 4.72. The first-order valence-electron chi connectivity index (χ1n) is 6.11. The molecule has 0 aromatic heterocycles. The maximum atomic E-state index is 11.2. The standard InChI is InChI=1S/C12H25NO2/c1-3-5-6-7-8-9-15-12(14)10-11(13)4-2/h11H,3-10,13H2,1-2H3. The fraction of sp³-hybridized carbons (Fsp3) is 0.917. The van der Waals surface area contributed by atoms with Gasteiger partial charge in [-0.2, -0.15) is 0 Å². The van der Waals surface area contributed by atoms with Crippen LogP contribution in [0.3, 0.4) is 0 Å². The zero-order chi connectivity index (χ0) is 11.5. The summed E-state index contributed by atoms with van der Waals surface area (Å²) in [6, 6.07) is -0.0439. The molecule has 0 fully saturated rings. The van der Waals surface area contributed by atoms with Gasteiger partial charge in [-0.25, -0.2) is 0 Å². The monoisotopic (exact) mass is 215 g/mol. The smallest absolute Gasteiger partial charge is 0.307 e. The minimum atomic E-state index is -0.153. The maximum Gasteiger partial charge on any atom is 0.307 e. The van der Waals surface area contributed by atoms with Gasteiger partial charge < -0.3 is 10.5 Å². The molecule has 0 aromatic rings. The number of esters is 1. The molecule has 0 amide bonds. The first-order valence-corrected chi connectivity index (χ1v) is 6.11. The number of unbranched alkanes of at least 4 members (excludes halogenated alkanes) is 4. The van der Waals surface area contributed by atoms with Crippen LogP contribution in [-0.4, -0.2) is 18.6 Å². The van der Waals surface area contributed by atoms with E-state index >= 15 is 0 Å². The van der Waals surface area contributed by atoms with Crippen LogP contribution in [-0.2, 0) is 9.53 Å². The Morgan fingerprint density at radius 2 is 1.87 bits per heavy atom. The first-order chi connectivity index (χ1) is 7.20. The summed E-state index contributed by atoms with van der Waals surface area (Å²) in [4.78, 5) is 11.2. The molecule has 0 aliphatic rings. The van der Waals surface area contributed by atoms with Crippen LogP contribution in [0.5, 0.6) is 0 Å². The fourth-order valence-corrected chi connectivity index (χ4v) is 1.31. The molecule has 0 rings (SSSR count). The third-order valence-corrected chi connectivity index (χ3v) is 2.46. The lowest BCUT2D eigenvalue weighted by Gasteiger charge is -2.08. The number of rotatable bonds is 9. The summed E-state index contributed by atoms with van der Waals surface area (Å²) < 4.78 is 5.08. The Bertz CT molecular complexity index is 160. The van der Waals surface area contributed by atoms with Crippen LogP contribution in [0.1, 0.15) is 58.8 Å². The van der Waals surface area contributed by atoms with Crippen molar-refractivity contribution in [1.29, 1.82) is 0 Å². The molecule has 15 heavy (non-hydrogen) atoms. The summed E-state index contributed by atoms with van der Waals surface area (Å²) in [7, 11) is 0. The number of hydrogen-bond acceptors (Lipinski definition) is 3. The van der Waals surface area contributed by atoms with E-state index in [1.807, 2.05) is 6.92 Å². The topological polar surface area (TPSA) is 52.3 Å². The van der Waals surface area contributed by atoms with Gasteiger partial charge in [-0.3, -0.25) is 4.79 Å². The van der Waals surface area contributed by atoms with E-state index in [2.05, 4.69) is 6.92 Å². The van der Waals surface area contributed by atoms with Crippen molar-refractivity contribution in [2.75, 3.05) is 6.61 Å². The van der Waals surface area contributed by atoms with Crippen LogP contribution in [0.15, 0.2) is 0 Å². The Kier molecular flexibility index (Phi) is 9.59. The van der Waals surface area contributed by atoms with Crippen molar-refractivity contribution < 1.29 is 9.53 Å². The molecule has 3 heteroatoms. The second kappa shape index (κ2) is 9.97. The van der Waals surface area contributed by atoms with Crippen LogP contribution in [0, 0.1) is 0 Å². The normalized spacial score (nSPS) is 12.5. The molecule has 0 aromatic carbocycles. The number of nitrogens with two attached hydrogens (primary N) is 1. The molecule has 0 saturated carbocycles. The Balaban J connectivity index is 3.24. The second-order valence-corrected chi connectivity index (χ2v) is 4.01. The third-order valence-electron chi connectivity index (χ3n) is 2.46. The van der Waals surface area contributed by atoms with Crippen molar-refractivity contribution in [3.63, 3.8) is 0 Å². The van der Waals surface area contributed by atoms with E-state index in [4.69, 9.17) is 10.5 Å². The average Bonchev–Trinajstić information content (AvgIpc) is 2.23. The van der Waals surface area contributed by atoms with Crippen LogP contribution < -0.4 is 5.73 Å². The van der Waals surface area contributed by atoms with Gasteiger partial charge in [0, 0.05) is 6.04 Å². The van der Waals surface area contributed by atoms with E-state index < -0.39 is 0 Å². The molecule has 0 bridgehead atoms. The molecule has 1 atom stereocenters. The van der Waals surface area contributed by atoms with E-state index in [0.717, 1.165) is 19.3 Å². The van der Waals surface area contributed by atoms with Crippen molar-refractivity contribution in [2.45, 2.75) is 64.8 Å². The molecule has 0 heterocycles. The highest BCUT2D eigenvalue weighted by atomic mass is 16.5. The number of carbonyl (C=O) groups is 1. The highest BCUT2D eigenvalue weighted by molar-refractivity contribution is 5.70. The lowest BCUT2D eigenvalue weighted by molar-refractivity contribution is -0.144. The van der Waals surface area contributed by atoms with Gasteiger partial charge in [0.05, 0.1) is 13.0 Å².